The zero-order valence-electron chi connectivity index (χ0n) is 10.5. The van der Waals surface area contributed by atoms with E-state index in [0.29, 0.717) is 0 Å². The van der Waals surface area contributed by atoms with Crippen molar-refractivity contribution in [2.75, 3.05) is 0 Å². The Balaban J connectivity index is 3.56. The van der Waals surface area contributed by atoms with Crippen LogP contribution in [0.1, 0.15) is 59.3 Å². The van der Waals surface area contributed by atoms with Gasteiger partial charge in [0.25, 0.3) is 0 Å². The second-order valence-electron chi connectivity index (χ2n) is 4.61. The third-order valence-electron chi connectivity index (χ3n) is 2.60. The van der Waals surface area contributed by atoms with Gasteiger partial charge in [-0.3, -0.25) is 0 Å². The van der Waals surface area contributed by atoms with Crippen molar-refractivity contribution in [1.29, 1.82) is 5.26 Å². The van der Waals surface area contributed by atoms with Crippen LogP contribution in [0.3, 0.4) is 0 Å². The van der Waals surface area contributed by atoms with E-state index in [2.05, 4.69) is 39.0 Å². The van der Waals surface area contributed by atoms with Crippen LogP contribution in [0.4, 0.5) is 0 Å². The van der Waals surface area contributed by atoms with Crippen LogP contribution in [0, 0.1) is 23.2 Å². The minimum absolute atomic E-state index is 0.269. The average Bonchev–Trinajstić information content (AvgIpc) is 2.21. The van der Waals surface area contributed by atoms with Crippen molar-refractivity contribution in [3.63, 3.8) is 0 Å². The fourth-order valence-electron chi connectivity index (χ4n) is 1.63. The van der Waals surface area contributed by atoms with Crippen molar-refractivity contribution < 1.29 is 0 Å². The number of hydrogen-bond donors (Lipinski definition) is 0. The van der Waals surface area contributed by atoms with Crippen LogP contribution < -0.4 is 0 Å². The van der Waals surface area contributed by atoms with Crippen molar-refractivity contribution in [1.82, 2.24) is 0 Å². The lowest BCUT2D eigenvalue weighted by Crippen LogP contribution is -1.98. The Morgan fingerprint density at radius 1 is 1.13 bits per heavy atom. The molecule has 0 bridgehead atoms. The molecule has 0 saturated carbocycles. The largest absolute Gasteiger partial charge is 0.198 e. The van der Waals surface area contributed by atoms with Gasteiger partial charge in [0.15, 0.2) is 0 Å². The van der Waals surface area contributed by atoms with E-state index in [0.717, 1.165) is 31.6 Å². The van der Waals surface area contributed by atoms with E-state index in [-0.39, 0.29) is 5.92 Å². The van der Waals surface area contributed by atoms with E-state index < -0.39 is 0 Å². The zero-order valence-corrected chi connectivity index (χ0v) is 10.5. The summed E-state index contributed by atoms with van der Waals surface area (Å²) in [6, 6.07) is 2.42. The molecule has 0 spiro atoms. The maximum atomic E-state index is 8.97. The van der Waals surface area contributed by atoms with Gasteiger partial charge in [-0.25, -0.2) is 0 Å². The quantitative estimate of drug-likeness (QED) is 0.529. The number of nitriles is 1. The zero-order chi connectivity index (χ0) is 11.5. The highest BCUT2D eigenvalue weighted by Gasteiger charge is 2.06. The van der Waals surface area contributed by atoms with Crippen molar-refractivity contribution in [2.45, 2.75) is 59.3 Å². The van der Waals surface area contributed by atoms with Gasteiger partial charge in [0.05, 0.1) is 6.07 Å². The third kappa shape index (κ3) is 9.53. The lowest BCUT2D eigenvalue weighted by atomic mass is 9.95. The molecule has 0 heterocycles. The Labute approximate surface area is 95.2 Å². The number of allylic oxidation sites excluding steroid dienone is 2. The lowest BCUT2D eigenvalue weighted by Gasteiger charge is -2.08. The van der Waals surface area contributed by atoms with Crippen molar-refractivity contribution in [2.24, 2.45) is 11.8 Å². The summed E-state index contributed by atoms with van der Waals surface area (Å²) in [6.07, 6.45) is 11.1. The van der Waals surface area contributed by atoms with Crippen LogP contribution in [-0.2, 0) is 0 Å². The highest BCUT2D eigenvalue weighted by Crippen LogP contribution is 2.16. The first kappa shape index (κ1) is 14.2. The molecule has 15 heavy (non-hydrogen) atoms. The summed E-state index contributed by atoms with van der Waals surface area (Å²) < 4.78 is 0. The van der Waals surface area contributed by atoms with Gasteiger partial charge in [-0.15, -0.1) is 0 Å². The number of hydrogen-bond acceptors (Lipinski definition) is 1. The average molecular weight is 207 g/mol. The minimum atomic E-state index is 0.269. The van der Waals surface area contributed by atoms with Gasteiger partial charge in [-0.2, -0.15) is 5.26 Å². The highest BCUT2D eigenvalue weighted by molar-refractivity contribution is 4.87. The first-order valence-electron chi connectivity index (χ1n) is 6.25. The molecule has 86 valence electrons. The summed E-state index contributed by atoms with van der Waals surface area (Å²) in [7, 11) is 0. The molecule has 0 aliphatic heterocycles. The number of rotatable bonds is 8. The van der Waals surface area contributed by atoms with Crippen LogP contribution in [-0.4, -0.2) is 0 Å². The normalized spacial score (nSPS) is 13.3. The monoisotopic (exact) mass is 207 g/mol. The molecule has 0 amide bonds. The maximum Gasteiger partial charge on any atom is 0.0655 e. The van der Waals surface area contributed by atoms with Crippen molar-refractivity contribution in [3.8, 4) is 6.07 Å². The molecule has 0 aliphatic rings. The topological polar surface area (TPSA) is 23.8 Å². The summed E-state index contributed by atoms with van der Waals surface area (Å²) in [5.41, 5.74) is 0. The molecular weight excluding hydrogens is 182 g/mol. The third-order valence-corrected chi connectivity index (χ3v) is 2.60. The van der Waals surface area contributed by atoms with E-state index >= 15 is 0 Å². The molecule has 0 aromatic heterocycles. The van der Waals surface area contributed by atoms with E-state index in [1.807, 2.05) is 0 Å². The molecule has 0 aromatic carbocycles. The molecule has 1 unspecified atom stereocenters. The molecule has 0 saturated heterocycles. The van der Waals surface area contributed by atoms with Gasteiger partial charge in [0.1, 0.15) is 0 Å². The summed E-state index contributed by atoms with van der Waals surface area (Å²) in [5, 5.41) is 8.97. The van der Waals surface area contributed by atoms with Crippen LogP contribution in [0.5, 0.6) is 0 Å². The van der Waals surface area contributed by atoms with Crippen LogP contribution in [0.15, 0.2) is 12.2 Å². The highest BCUT2D eigenvalue weighted by atomic mass is 14.3. The van der Waals surface area contributed by atoms with E-state index in [4.69, 9.17) is 5.26 Å². The van der Waals surface area contributed by atoms with E-state index in [1.165, 1.54) is 12.8 Å². The maximum absolute atomic E-state index is 8.97. The predicted molar refractivity (Wildman–Crippen MR) is 66.5 cm³/mol. The molecule has 1 nitrogen and oxygen atoms in total. The Kier molecular flexibility index (Phi) is 9.27. The van der Waals surface area contributed by atoms with Gasteiger partial charge >= 0.3 is 0 Å². The second kappa shape index (κ2) is 9.77. The summed E-state index contributed by atoms with van der Waals surface area (Å²) in [4.78, 5) is 0. The van der Waals surface area contributed by atoms with Crippen LogP contribution >= 0.6 is 0 Å². The Morgan fingerprint density at radius 3 is 2.40 bits per heavy atom. The molecule has 1 heteroatoms. The fourth-order valence-corrected chi connectivity index (χ4v) is 1.63. The molecule has 0 radical (unpaired) electrons. The van der Waals surface area contributed by atoms with Gasteiger partial charge in [0, 0.05) is 5.92 Å². The van der Waals surface area contributed by atoms with E-state index in [1.54, 1.807) is 0 Å². The minimum Gasteiger partial charge on any atom is -0.198 e. The molecular formula is C14H25N. The Hall–Kier alpha value is -0.770. The summed E-state index contributed by atoms with van der Waals surface area (Å²) >= 11 is 0. The fraction of sp³-hybridized carbons (Fsp3) is 0.786. The predicted octanol–water partition coefficient (Wildman–Crippen LogP) is 4.70. The van der Waals surface area contributed by atoms with Crippen molar-refractivity contribution in [3.05, 3.63) is 12.2 Å². The molecule has 1 atom stereocenters. The van der Waals surface area contributed by atoms with Gasteiger partial charge in [-0.05, 0) is 31.6 Å². The van der Waals surface area contributed by atoms with Gasteiger partial charge in [0.2, 0.25) is 0 Å². The first-order chi connectivity index (χ1) is 7.20. The standard InChI is InChI=1S/C14H25N/c1-4-5-6-7-10-14(12-15)11-8-9-13(2)3/h5-6,13-14H,4,7-11H2,1-3H3. The van der Waals surface area contributed by atoms with Crippen LogP contribution in [0.25, 0.3) is 0 Å². The summed E-state index contributed by atoms with van der Waals surface area (Å²) in [6.45, 7) is 6.62. The smallest absolute Gasteiger partial charge is 0.0655 e. The van der Waals surface area contributed by atoms with E-state index in [9.17, 15) is 0 Å². The van der Waals surface area contributed by atoms with Crippen LogP contribution in [0.2, 0.25) is 0 Å². The lowest BCUT2D eigenvalue weighted by molar-refractivity contribution is 0.475. The molecule has 0 fully saturated rings. The van der Waals surface area contributed by atoms with Gasteiger partial charge < -0.3 is 0 Å². The number of nitrogens with zero attached hydrogens (tertiary/aromatic N) is 1. The molecule has 0 aliphatic carbocycles. The van der Waals surface area contributed by atoms with Crippen molar-refractivity contribution >= 4 is 0 Å². The Morgan fingerprint density at radius 2 is 1.87 bits per heavy atom. The van der Waals surface area contributed by atoms with Gasteiger partial charge in [-0.1, -0.05) is 45.8 Å². The first-order valence-corrected chi connectivity index (χ1v) is 6.25. The second-order valence-corrected chi connectivity index (χ2v) is 4.61. The Bertz CT molecular complexity index is 198. The molecule has 0 rings (SSSR count). The molecule has 0 aromatic rings. The summed E-state index contributed by atoms with van der Waals surface area (Å²) in [5.74, 6) is 1.04. The SMILES string of the molecule is CCC=CCCC(C#N)CCCC(C)C. The molecule has 0 N–H and O–H groups in total.